The first-order chi connectivity index (χ1) is 12.2. The number of hydrogen-bond donors (Lipinski definition) is 2. The first kappa shape index (κ1) is 20.2. The predicted molar refractivity (Wildman–Crippen MR) is 110 cm³/mol. The molecule has 1 unspecified atom stereocenters. The van der Waals surface area contributed by atoms with Crippen LogP contribution < -0.4 is 10.6 Å². The van der Waals surface area contributed by atoms with Crippen LogP contribution in [-0.2, 0) is 0 Å². The number of aliphatic imine (C=N–C) groups is 1. The van der Waals surface area contributed by atoms with Crippen molar-refractivity contribution < 1.29 is 0 Å². The molecule has 2 heterocycles. The van der Waals surface area contributed by atoms with Gasteiger partial charge in [-0.25, -0.2) is 0 Å². The minimum atomic E-state index is 0.514. The van der Waals surface area contributed by atoms with E-state index < -0.39 is 0 Å². The van der Waals surface area contributed by atoms with Crippen LogP contribution in [0, 0.1) is 0 Å². The van der Waals surface area contributed by atoms with Gasteiger partial charge in [-0.15, -0.1) is 11.3 Å². The summed E-state index contributed by atoms with van der Waals surface area (Å²) in [5, 5.41) is 9.02. The van der Waals surface area contributed by atoms with Crippen molar-refractivity contribution in [3.8, 4) is 0 Å². The average molecular weight is 366 g/mol. The molecule has 0 spiro atoms. The molecule has 2 rings (SSSR count). The second-order valence-corrected chi connectivity index (χ2v) is 7.76. The van der Waals surface area contributed by atoms with Crippen LogP contribution in [0.3, 0.4) is 0 Å². The molecule has 1 fully saturated rings. The van der Waals surface area contributed by atoms with Crippen LogP contribution in [0.15, 0.2) is 22.5 Å². The van der Waals surface area contributed by atoms with Gasteiger partial charge in [-0.2, -0.15) is 0 Å². The van der Waals surface area contributed by atoms with Crippen molar-refractivity contribution in [1.82, 2.24) is 20.4 Å². The van der Waals surface area contributed by atoms with Gasteiger partial charge in [0, 0.05) is 57.1 Å². The Hall–Kier alpha value is -1.11. The maximum Gasteiger partial charge on any atom is 0.190 e. The van der Waals surface area contributed by atoms with E-state index in [4.69, 9.17) is 0 Å². The Morgan fingerprint density at radius 1 is 1.20 bits per heavy atom. The van der Waals surface area contributed by atoms with Gasteiger partial charge in [0.15, 0.2) is 5.96 Å². The summed E-state index contributed by atoms with van der Waals surface area (Å²) in [4.78, 5) is 10.9. The lowest BCUT2D eigenvalue weighted by molar-refractivity contribution is 0.136. The third-order valence-corrected chi connectivity index (χ3v) is 6.04. The van der Waals surface area contributed by atoms with E-state index in [0.717, 1.165) is 19.0 Å². The second kappa shape index (κ2) is 11.5. The molecule has 0 radical (unpaired) electrons. The fraction of sp³-hybridized carbons (Fsp3) is 0.737. The zero-order valence-electron chi connectivity index (χ0n) is 16.1. The van der Waals surface area contributed by atoms with E-state index in [0.29, 0.717) is 5.92 Å². The van der Waals surface area contributed by atoms with Gasteiger partial charge in [-0.1, -0.05) is 19.9 Å². The Morgan fingerprint density at radius 2 is 1.96 bits per heavy atom. The predicted octanol–water partition coefficient (Wildman–Crippen LogP) is 2.43. The maximum absolute atomic E-state index is 4.33. The second-order valence-electron chi connectivity index (χ2n) is 6.78. The first-order valence-corrected chi connectivity index (χ1v) is 10.5. The molecule has 1 saturated heterocycles. The van der Waals surface area contributed by atoms with E-state index in [1.54, 1.807) is 0 Å². The average Bonchev–Trinajstić information content (AvgIpc) is 3.19. The highest BCUT2D eigenvalue weighted by Crippen LogP contribution is 2.19. The number of likely N-dealkylation sites (N-methyl/N-ethyl adjacent to an activating group) is 1. The highest BCUT2D eigenvalue weighted by atomic mass is 32.1. The van der Waals surface area contributed by atoms with E-state index in [1.165, 1.54) is 57.0 Å². The van der Waals surface area contributed by atoms with Gasteiger partial charge in [0.1, 0.15) is 0 Å². The van der Waals surface area contributed by atoms with Gasteiger partial charge >= 0.3 is 0 Å². The molecule has 0 amide bonds. The van der Waals surface area contributed by atoms with Crippen molar-refractivity contribution in [3.63, 3.8) is 0 Å². The number of hydrogen-bond acceptors (Lipinski definition) is 4. The molecule has 2 N–H and O–H groups in total. The molecular weight excluding hydrogens is 330 g/mol. The van der Waals surface area contributed by atoms with Crippen molar-refractivity contribution >= 4 is 17.3 Å². The van der Waals surface area contributed by atoms with Gasteiger partial charge in [-0.3, -0.25) is 4.99 Å². The summed E-state index contributed by atoms with van der Waals surface area (Å²) in [5.41, 5.74) is 0. The third kappa shape index (κ3) is 7.34. The summed E-state index contributed by atoms with van der Waals surface area (Å²) >= 11 is 1.82. The fourth-order valence-corrected chi connectivity index (χ4v) is 3.93. The third-order valence-electron chi connectivity index (χ3n) is 4.93. The largest absolute Gasteiger partial charge is 0.356 e. The molecule has 6 heteroatoms. The van der Waals surface area contributed by atoms with Crippen molar-refractivity contribution in [2.75, 3.05) is 59.4 Å². The topological polar surface area (TPSA) is 42.9 Å². The van der Waals surface area contributed by atoms with E-state index in [-0.39, 0.29) is 0 Å². The van der Waals surface area contributed by atoms with Crippen molar-refractivity contribution in [3.05, 3.63) is 22.4 Å². The number of piperazine rings is 1. The molecular formula is C19H35N5S. The van der Waals surface area contributed by atoms with Gasteiger partial charge in [-0.05, 0) is 37.4 Å². The lowest BCUT2D eigenvalue weighted by atomic mass is 10.1. The standard InChI is InChI=1S/C19H35N5S/c1-4-23-11-13-24(14-12-23)10-6-5-9-21-19(20-3)22-16-17(2)18-8-7-15-25-18/h7-8,15,17H,4-6,9-14,16H2,1-3H3,(H2,20,21,22). The molecule has 25 heavy (non-hydrogen) atoms. The lowest BCUT2D eigenvalue weighted by Gasteiger charge is -2.34. The minimum absolute atomic E-state index is 0.514. The van der Waals surface area contributed by atoms with Crippen LogP contribution >= 0.6 is 11.3 Å². The zero-order chi connectivity index (χ0) is 17.9. The van der Waals surface area contributed by atoms with Crippen molar-refractivity contribution in [2.45, 2.75) is 32.6 Å². The highest BCUT2D eigenvalue weighted by molar-refractivity contribution is 7.10. The summed E-state index contributed by atoms with van der Waals surface area (Å²) in [6.07, 6.45) is 2.44. The van der Waals surface area contributed by atoms with Crippen LogP contribution in [0.5, 0.6) is 0 Å². The SMILES string of the molecule is CCN1CCN(CCCCNC(=NC)NCC(C)c2cccs2)CC1. The molecule has 1 aromatic heterocycles. The quantitative estimate of drug-likeness (QED) is 0.401. The van der Waals surface area contributed by atoms with Crippen LogP contribution in [-0.4, -0.2) is 75.2 Å². The number of guanidine groups is 1. The first-order valence-electron chi connectivity index (χ1n) is 9.65. The number of nitrogens with zero attached hydrogens (tertiary/aromatic N) is 3. The summed E-state index contributed by atoms with van der Waals surface area (Å²) in [6.45, 7) is 13.7. The van der Waals surface area contributed by atoms with Gasteiger partial charge in [0.05, 0.1) is 0 Å². The van der Waals surface area contributed by atoms with Gasteiger partial charge in [0.25, 0.3) is 0 Å². The molecule has 0 aliphatic carbocycles. The molecule has 1 aliphatic rings. The van der Waals surface area contributed by atoms with Crippen LogP contribution in [0.4, 0.5) is 0 Å². The zero-order valence-corrected chi connectivity index (χ0v) is 16.9. The Bertz CT molecular complexity index is 480. The van der Waals surface area contributed by atoms with Crippen LogP contribution in [0.25, 0.3) is 0 Å². The fourth-order valence-electron chi connectivity index (χ4n) is 3.14. The Labute approximate surface area is 157 Å². The lowest BCUT2D eigenvalue weighted by Crippen LogP contribution is -2.46. The van der Waals surface area contributed by atoms with Crippen molar-refractivity contribution in [1.29, 1.82) is 0 Å². The number of unbranched alkanes of at least 4 members (excludes halogenated alkanes) is 1. The molecule has 1 atom stereocenters. The molecule has 0 bridgehead atoms. The Kier molecular flexibility index (Phi) is 9.29. The highest BCUT2D eigenvalue weighted by Gasteiger charge is 2.14. The van der Waals surface area contributed by atoms with Crippen molar-refractivity contribution in [2.24, 2.45) is 4.99 Å². The summed E-state index contributed by atoms with van der Waals surface area (Å²) < 4.78 is 0. The smallest absolute Gasteiger partial charge is 0.190 e. The van der Waals surface area contributed by atoms with E-state index in [2.05, 4.69) is 56.8 Å². The molecule has 0 aromatic carbocycles. The van der Waals surface area contributed by atoms with E-state index in [1.807, 2.05) is 18.4 Å². The molecule has 5 nitrogen and oxygen atoms in total. The van der Waals surface area contributed by atoms with Crippen LogP contribution in [0.1, 0.15) is 37.5 Å². The summed E-state index contributed by atoms with van der Waals surface area (Å²) in [5.74, 6) is 1.43. The molecule has 142 valence electrons. The molecule has 1 aromatic rings. The maximum atomic E-state index is 4.33. The summed E-state index contributed by atoms with van der Waals surface area (Å²) in [6, 6.07) is 4.32. The number of rotatable bonds is 9. The number of thiophene rings is 1. The molecule has 1 aliphatic heterocycles. The Balaban J connectivity index is 1.52. The minimum Gasteiger partial charge on any atom is -0.356 e. The van der Waals surface area contributed by atoms with Crippen LogP contribution in [0.2, 0.25) is 0 Å². The van der Waals surface area contributed by atoms with E-state index >= 15 is 0 Å². The van der Waals surface area contributed by atoms with E-state index in [9.17, 15) is 0 Å². The normalized spacial score (nSPS) is 18.3. The van der Waals surface area contributed by atoms with Gasteiger partial charge < -0.3 is 20.4 Å². The monoisotopic (exact) mass is 365 g/mol. The summed E-state index contributed by atoms with van der Waals surface area (Å²) in [7, 11) is 1.85. The number of nitrogens with one attached hydrogen (secondary N) is 2. The molecule has 0 saturated carbocycles. The Morgan fingerprint density at radius 3 is 2.60 bits per heavy atom. The van der Waals surface area contributed by atoms with Gasteiger partial charge in [0.2, 0.25) is 0 Å².